The number of hydrogen-bond acceptors (Lipinski definition) is 4. The Morgan fingerprint density at radius 3 is 2.27 bits per heavy atom. The Hall–Kier alpha value is -3.93. The first-order valence-corrected chi connectivity index (χ1v) is 13.0. The van der Waals surface area contributed by atoms with Gasteiger partial charge < -0.3 is 9.64 Å². The number of aromatic nitrogens is 2. The second-order valence-corrected chi connectivity index (χ2v) is 9.70. The maximum absolute atomic E-state index is 13.9. The van der Waals surface area contributed by atoms with Gasteiger partial charge in [-0.05, 0) is 74.7 Å². The van der Waals surface area contributed by atoms with Gasteiger partial charge in [-0.2, -0.15) is 0 Å². The van der Waals surface area contributed by atoms with Gasteiger partial charge >= 0.3 is 0 Å². The van der Waals surface area contributed by atoms with E-state index >= 15 is 0 Å². The van der Waals surface area contributed by atoms with Crippen molar-refractivity contribution >= 4 is 16.8 Å². The van der Waals surface area contributed by atoms with Crippen LogP contribution >= 0.6 is 0 Å². The number of amides is 1. The average molecular weight is 498 g/mol. The van der Waals surface area contributed by atoms with Gasteiger partial charge in [0.25, 0.3) is 11.5 Å². The highest BCUT2D eigenvalue weighted by Gasteiger charge is 2.30. The summed E-state index contributed by atoms with van der Waals surface area (Å²) in [6.45, 7) is 11.3. The molecule has 6 heteroatoms. The fourth-order valence-corrected chi connectivity index (χ4v) is 4.63. The van der Waals surface area contributed by atoms with E-state index in [9.17, 15) is 9.59 Å². The molecule has 0 aliphatic heterocycles. The molecular weight excluding hydrogens is 462 g/mol. The summed E-state index contributed by atoms with van der Waals surface area (Å²) in [6.07, 6.45) is 0.603. The van der Waals surface area contributed by atoms with Crippen molar-refractivity contribution < 1.29 is 9.53 Å². The van der Waals surface area contributed by atoms with Crippen LogP contribution in [0.15, 0.2) is 77.6 Å². The molecular formula is C31H35N3O3. The van der Waals surface area contributed by atoms with E-state index in [0.717, 1.165) is 11.3 Å². The number of hydrogen-bond donors (Lipinski definition) is 0. The van der Waals surface area contributed by atoms with Crippen LogP contribution in [0.4, 0.5) is 0 Å². The van der Waals surface area contributed by atoms with E-state index < -0.39 is 6.04 Å². The number of aryl methyl sites for hydroxylation is 1. The first kappa shape index (κ1) is 26.1. The van der Waals surface area contributed by atoms with Gasteiger partial charge in [-0.15, -0.1) is 0 Å². The number of carbonyl (C=O) groups excluding carboxylic acids is 1. The molecule has 0 N–H and O–H groups in total. The molecule has 4 aromatic rings. The molecule has 0 radical (unpaired) electrons. The number of benzene rings is 3. The van der Waals surface area contributed by atoms with Crippen molar-refractivity contribution in [3.63, 3.8) is 0 Å². The molecule has 0 fully saturated rings. The van der Waals surface area contributed by atoms with Crippen LogP contribution in [0.5, 0.6) is 5.75 Å². The third kappa shape index (κ3) is 5.58. The quantitative estimate of drug-likeness (QED) is 0.271. The van der Waals surface area contributed by atoms with E-state index in [1.165, 1.54) is 0 Å². The number of carbonyl (C=O) groups is 1. The van der Waals surface area contributed by atoms with Gasteiger partial charge in [-0.3, -0.25) is 14.2 Å². The normalized spacial score (nSPS) is 12.1. The van der Waals surface area contributed by atoms with E-state index in [1.54, 1.807) is 10.6 Å². The maximum Gasteiger partial charge on any atom is 0.266 e. The number of ether oxygens (including phenoxy) is 1. The Morgan fingerprint density at radius 2 is 1.65 bits per heavy atom. The summed E-state index contributed by atoms with van der Waals surface area (Å²) in [5.41, 5.74) is 2.87. The highest BCUT2D eigenvalue weighted by atomic mass is 16.5. The van der Waals surface area contributed by atoms with Crippen LogP contribution in [0.1, 0.15) is 61.9 Å². The van der Waals surface area contributed by atoms with Crippen molar-refractivity contribution in [2.45, 2.75) is 47.1 Å². The summed E-state index contributed by atoms with van der Waals surface area (Å²) in [7, 11) is 0. The molecule has 0 saturated carbocycles. The minimum absolute atomic E-state index is 0.0683. The molecule has 0 spiro atoms. The van der Waals surface area contributed by atoms with Gasteiger partial charge in [-0.25, -0.2) is 4.98 Å². The molecule has 1 heterocycles. The van der Waals surface area contributed by atoms with E-state index in [2.05, 4.69) is 13.8 Å². The highest BCUT2D eigenvalue weighted by molar-refractivity contribution is 5.94. The number of fused-ring (bicyclic) bond motifs is 1. The van der Waals surface area contributed by atoms with Crippen molar-refractivity contribution in [3.8, 4) is 11.4 Å². The zero-order valence-corrected chi connectivity index (χ0v) is 22.3. The van der Waals surface area contributed by atoms with Crippen LogP contribution in [-0.4, -0.2) is 33.5 Å². The van der Waals surface area contributed by atoms with E-state index in [-0.39, 0.29) is 17.4 Å². The van der Waals surface area contributed by atoms with Gasteiger partial charge in [0.2, 0.25) is 0 Å². The molecule has 4 rings (SSSR count). The molecule has 0 bridgehead atoms. The number of rotatable bonds is 9. The number of nitrogens with zero attached hydrogens (tertiary/aromatic N) is 3. The summed E-state index contributed by atoms with van der Waals surface area (Å²) in [4.78, 5) is 34.6. The summed E-state index contributed by atoms with van der Waals surface area (Å²) in [5.74, 6) is 1.45. The Morgan fingerprint density at radius 1 is 0.973 bits per heavy atom. The van der Waals surface area contributed by atoms with Crippen molar-refractivity contribution in [1.82, 2.24) is 14.5 Å². The third-order valence-electron chi connectivity index (χ3n) is 6.39. The van der Waals surface area contributed by atoms with Gasteiger partial charge in [0, 0.05) is 12.1 Å². The zero-order valence-electron chi connectivity index (χ0n) is 22.3. The fraction of sp³-hybridized carbons (Fsp3) is 0.323. The second kappa shape index (κ2) is 11.4. The smallest absolute Gasteiger partial charge is 0.266 e. The van der Waals surface area contributed by atoms with Crippen LogP contribution < -0.4 is 10.3 Å². The first-order chi connectivity index (χ1) is 17.8. The van der Waals surface area contributed by atoms with Crippen molar-refractivity contribution in [2.24, 2.45) is 5.92 Å². The molecule has 1 atom stereocenters. The molecule has 37 heavy (non-hydrogen) atoms. The zero-order chi connectivity index (χ0) is 26.5. The van der Waals surface area contributed by atoms with E-state index in [4.69, 9.17) is 9.72 Å². The van der Waals surface area contributed by atoms with Crippen LogP contribution in [0.2, 0.25) is 0 Å². The molecule has 1 aromatic heterocycles. The van der Waals surface area contributed by atoms with Crippen LogP contribution in [-0.2, 0) is 0 Å². The summed E-state index contributed by atoms with van der Waals surface area (Å²) >= 11 is 0. The van der Waals surface area contributed by atoms with Crippen molar-refractivity contribution in [2.75, 3.05) is 13.2 Å². The van der Waals surface area contributed by atoms with Gasteiger partial charge in [0.15, 0.2) is 0 Å². The Kier molecular flexibility index (Phi) is 8.07. The topological polar surface area (TPSA) is 64.4 Å². The lowest BCUT2D eigenvalue weighted by molar-refractivity contribution is 0.0631. The molecule has 1 unspecified atom stereocenters. The lowest BCUT2D eigenvalue weighted by Crippen LogP contribution is -2.40. The largest absolute Gasteiger partial charge is 0.494 e. The summed E-state index contributed by atoms with van der Waals surface area (Å²) in [5, 5.41) is 0.537. The summed E-state index contributed by atoms with van der Waals surface area (Å²) in [6, 6.07) is 22.0. The van der Waals surface area contributed by atoms with Gasteiger partial charge in [-0.1, -0.05) is 50.6 Å². The Balaban J connectivity index is 1.92. The SMILES string of the molecule is CCOc1ccc(-n2c(C(CC)N(CC(C)C)C(=O)c3ccc(C)cc3)nc3ccccc3c2=O)cc1. The van der Waals surface area contributed by atoms with Gasteiger partial charge in [0.1, 0.15) is 11.6 Å². The van der Waals surface area contributed by atoms with Crippen LogP contribution in [0.3, 0.4) is 0 Å². The first-order valence-electron chi connectivity index (χ1n) is 13.0. The third-order valence-corrected chi connectivity index (χ3v) is 6.39. The maximum atomic E-state index is 13.9. The molecule has 0 aliphatic carbocycles. The number of para-hydroxylation sites is 1. The monoisotopic (exact) mass is 497 g/mol. The predicted molar refractivity (Wildman–Crippen MR) is 149 cm³/mol. The molecule has 192 valence electrons. The second-order valence-electron chi connectivity index (χ2n) is 9.70. The van der Waals surface area contributed by atoms with Crippen LogP contribution in [0, 0.1) is 12.8 Å². The molecule has 3 aromatic carbocycles. The van der Waals surface area contributed by atoms with E-state index in [0.29, 0.717) is 47.6 Å². The van der Waals surface area contributed by atoms with Gasteiger partial charge in [0.05, 0.1) is 29.2 Å². The van der Waals surface area contributed by atoms with Crippen LogP contribution in [0.25, 0.3) is 16.6 Å². The lowest BCUT2D eigenvalue weighted by atomic mass is 10.0. The fourth-order valence-electron chi connectivity index (χ4n) is 4.63. The summed E-state index contributed by atoms with van der Waals surface area (Å²) < 4.78 is 7.27. The minimum atomic E-state index is -0.403. The molecule has 1 amide bonds. The predicted octanol–water partition coefficient (Wildman–Crippen LogP) is 6.34. The Labute approximate surface area is 218 Å². The van der Waals surface area contributed by atoms with E-state index in [1.807, 2.05) is 92.4 Å². The minimum Gasteiger partial charge on any atom is -0.494 e. The molecule has 0 saturated heterocycles. The highest BCUT2D eigenvalue weighted by Crippen LogP contribution is 2.29. The van der Waals surface area contributed by atoms with Crippen molar-refractivity contribution in [3.05, 3.63) is 100 Å². The average Bonchev–Trinajstić information content (AvgIpc) is 2.89. The molecule has 6 nitrogen and oxygen atoms in total. The lowest BCUT2D eigenvalue weighted by Gasteiger charge is -2.33. The van der Waals surface area contributed by atoms with Crippen molar-refractivity contribution in [1.29, 1.82) is 0 Å². The molecule has 0 aliphatic rings. The standard InChI is InChI=1S/C31H35N3O3/c1-6-28(33(20-21(3)4)30(35)23-14-12-22(5)13-15-23)29-32-27-11-9-8-10-26(27)31(36)34(29)24-16-18-25(19-17-24)37-7-2/h8-19,21,28H,6-7,20H2,1-5H3. The Bertz CT molecular complexity index is 1420.